The van der Waals surface area contributed by atoms with Gasteiger partial charge in [0.05, 0.1) is 37.9 Å². The third-order valence-electron chi connectivity index (χ3n) is 6.05. The maximum absolute atomic E-state index is 13.1. The van der Waals surface area contributed by atoms with Crippen LogP contribution in [0.1, 0.15) is 48.9 Å². The summed E-state index contributed by atoms with van der Waals surface area (Å²) < 4.78 is 11.8. The Balaban J connectivity index is 1.42. The van der Waals surface area contributed by atoms with E-state index in [-0.39, 0.29) is 43.2 Å². The lowest BCUT2D eigenvalue weighted by atomic mass is 9.92. The fourth-order valence-corrected chi connectivity index (χ4v) is 4.28. The minimum Gasteiger partial charge on any atom is -0.389 e. The van der Waals surface area contributed by atoms with Gasteiger partial charge < -0.3 is 24.8 Å². The third kappa shape index (κ3) is 4.94. The molecule has 1 saturated carbocycles. The van der Waals surface area contributed by atoms with E-state index in [9.17, 15) is 14.7 Å². The second kappa shape index (κ2) is 9.19. The fourth-order valence-electron chi connectivity index (χ4n) is 4.28. The number of aliphatic hydroxyl groups excluding tert-OH is 1. The first-order chi connectivity index (χ1) is 14.1. The summed E-state index contributed by atoms with van der Waals surface area (Å²) in [5, 5.41) is 13.3. The number of ether oxygens (including phenoxy) is 2. The van der Waals surface area contributed by atoms with Gasteiger partial charge in [0, 0.05) is 30.5 Å². The minimum absolute atomic E-state index is 0.0325. The van der Waals surface area contributed by atoms with Gasteiger partial charge in [-0.05, 0) is 44.2 Å². The lowest BCUT2D eigenvalue weighted by molar-refractivity contribution is -0.151. The number of pyridine rings is 1. The van der Waals surface area contributed by atoms with Crippen molar-refractivity contribution in [3.05, 3.63) is 30.1 Å². The second-order valence-electron chi connectivity index (χ2n) is 8.23. The molecule has 0 unspecified atom stereocenters. The highest BCUT2D eigenvalue weighted by Gasteiger charge is 2.40. The van der Waals surface area contributed by atoms with Crippen molar-refractivity contribution in [3.8, 4) is 0 Å². The molecule has 2 N–H and O–H groups in total. The summed E-state index contributed by atoms with van der Waals surface area (Å²) in [6, 6.07) is 3.47. The summed E-state index contributed by atoms with van der Waals surface area (Å²) in [6.07, 6.45) is 6.96. The summed E-state index contributed by atoms with van der Waals surface area (Å²) >= 11 is 0. The van der Waals surface area contributed by atoms with Gasteiger partial charge in [0.15, 0.2) is 0 Å². The molecule has 3 aliphatic rings. The Hall–Kier alpha value is -2.03. The van der Waals surface area contributed by atoms with Crippen LogP contribution in [0, 0.1) is 0 Å². The number of β-amino-alcohol motifs (C(OH)–C–C–N with tert-alkyl or cyclic N) is 1. The molecule has 0 bridgehead atoms. The average molecular weight is 403 g/mol. The molecule has 2 aliphatic heterocycles. The van der Waals surface area contributed by atoms with Gasteiger partial charge in [-0.25, -0.2) is 0 Å². The molecule has 0 spiro atoms. The van der Waals surface area contributed by atoms with Gasteiger partial charge in [-0.2, -0.15) is 0 Å². The molecular formula is C21H29N3O5. The van der Waals surface area contributed by atoms with Crippen molar-refractivity contribution in [3.63, 3.8) is 0 Å². The molecule has 8 heteroatoms. The number of carbonyl (C=O) groups excluding carboxylic acids is 2. The SMILES string of the molecule is O=C(C[C@@H]1CC[C@@H]2[C@H](COC[C@H](O)CN2C(=O)c2ccncc2)O1)NC1CCC1. The summed E-state index contributed by atoms with van der Waals surface area (Å²) in [5.74, 6) is -0.113. The van der Waals surface area contributed by atoms with Crippen LogP contribution in [0.15, 0.2) is 24.5 Å². The number of hydrogen-bond donors (Lipinski definition) is 2. The topological polar surface area (TPSA) is 101 Å². The van der Waals surface area contributed by atoms with Gasteiger partial charge >= 0.3 is 0 Å². The zero-order valence-electron chi connectivity index (χ0n) is 16.5. The third-order valence-corrected chi connectivity index (χ3v) is 6.05. The minimum atomic E-state index is -0.743. The average Bonchev–Trinajstić information content (AvgIpc) is 2.68. The van der Waals surface area contributed by atoms with Crippen LogP contribution in [0.4, 0.5) is 0 Å². The van der Waals surface area contributed by atoms with Gasteiger partial charge in [0.1, 0.15) is 6.10 Å². The monoisotopic (exact) mass is 403 g/mol. The van der Waals surface area contributed by atoms with Crippen molar-refractivity contribution in [1.29, 1.82) is 0 Å². The maximum atomic E-state index is 13.1. The van der Waals surface area contributed by atoms with Crippen LogP contribution in [0.25, 0.3) is 0 Å². The standard InChI is InChI=1S/C21H29N3O5/c25-16-11-24(21(27)14-6-8-22-9-7-14)18-5-4-17(29-19(18)13-28-12-16)10-20(26)23-15-2-1-3-15/h6-9,15-19,25H,1-5,10-13H2,(H,23,26)/t16-,17+,18-,19+/m1/s1. The molecule has 8 nitrogen and oxygen atoms in total. The van der Waals surface area contributed by atoms with Gasteiger partial charge in [0.25, 0.3) is 5.91 Å². The number of rotatable bonds is 4. The Kier molecular flexibility index (Phi) is 6.42. The zero-order valence-corrected chi connectivity index (χ0v) is 16.5. The molecule has 4 atom stereocenters. The van der Waals surface area contributed by atoms with Crippen molar-refractivity contribution in [2.24, 2.45) is 0 Å². The summed E-state index contributed by atoms with van der Waals surface area (Å²) in [4.78, 5) is 31.1. The molecule has 2 saturated heterocycles. The van der Waals surface area contributed by atoms with Crippen LogP contribution in [-0.2, 0) is 14.3 Å². The molecule has 0 radical (unpaired) electrons. The van der Waals surface area contributed by atoms with E-state index >= 15 is 0 Å². The number of carbonyl (C=O) groups is 2. The van der Waals surface area contributed by atoms with Gasteiger partial charge in [0.2, 0.25) is 5.91 Å². The summed E-state index contributed by atoms with van der Waals surface area (Å²) in [6.45, 7) is 0.640. The molecular weight excluding hydrogens is 374 g/mol. The number of aliphatic hydroxyl groups is 1. The molecule has 3 heterocycles. The molecule has 1 aromatic heterocycles. The molecule has 1 aromatic rings. The van der Waals surface area contributed by atoms with E-state index in [1.807, 2.05) is 0 Å². The first-order valence-electron chi connectivity index (χ1n) is 10.5. The second-order valence-corrected chi connectivity index (χ2v) is 8.23. The number of hydrogen-bond acceptors (Lipinski definition) is 6. The van der Waals surface area contributed by atoms with Crippen LogP contribution >= 0.6 is 0 Å². The molecule has 2 amide bonds. The van der Waals surface area contributed by atoms with Gasteiger partial charge in [-0.3, -0.25) is 14.6 Å². The van der Waals surface area contributed by atoms with E-state index in [0.29, 0.717) is 37.5 Å². The number of fused-ring (bicyclic) bond motifs is 1. The van der Waals surface area contributed by atoms with Crippen molar-refractivity contribution >= 4 is 11.8 Å². The van der Waals surface area contributed by atoms with Crippen LogP contribution in [-0.4, -0.2) is 77.0 Å². The molecule has 0 aromatic carbocycles. The Labute approximate surface area is 170 Å². The van der Waals surface area contributed by atoms with Crippen LogP contribution < -0.4 is 5.32 Å². The maximum Gasteiger partial charge on any atom is 0.254 e. The van der Waals surface area contributed by atoms with E-state index in [2.05, 4.69) is 10.3 Å². The Morgan fingerprint density at radius 3 is 2.69 bits per heavy atom. The number of nitrogens with zero attached hydrogens (tertiary/aromatic N) is 2. The van der Waals surface area contributed by atoms with Gasteiger partial charge in [-0.1, -0.05) is 0 Å². The smallest absolute Gasteiger partial charge is 0.254 e. The van der Waals surface area contributed by atoms with Crippen molar-refractivity contribution in [2.45, 2.75) is 68.9 Å². The number of aromatic nitrogens is 1. The van der Waals surface area contributed by atoms with E-state index in [0.717, 1.165) is 12.8 Å². The first kappa shape index (κ1) is 20.3. The lowest BCUT2D eigenvalue weighted by Crippen LogP contribution is -2.57. The predicted octanol–water partition coefficient (Wildman–Crippen LogP) is 0.890. The van der Waals surface area contributed by atoms with E-state index < -0.39 is 6.10 Å². The molecule has 158 valence electrons. The predicted molar refractivity (Wildman–Crippen MR) is 104 cm³/mol. The van der Waals surface area contributed by atoms with Crippen molar-refractivity contribution in [2.75, 3.05) is 19.8 Å². The summed E-state index contributed by atoms with van der Waals surface area (Å²) in [7, 11) is 0. The largest absolute Gasteiger partial charge is 0.389 e. The Morgan fingerprint density at radius 2 is 1.97 bits per heavy atom. The van der Waals surface area contributed by atoms with Crippen LogP contribution in [0.2, 0.25) is 0 Å². The number of nitrogens with one attached hydrogen (secondary N) is 1. The Morgan fingerprint density at radius 1 is 1.17 bits per heavy atom. The molecule has 1 aliphatic carbocycles. The van der Waals surface area contributed by atoms with E-state index in [1.54, 1.807) is 29.4 Å². The highest BCUT2D eigenvalue weighted by molar-refractivity contribution is 5.94. The van der Waals surface area contributed by atoms with Crippen LogP contribution in [0.5, 0.6) is 0 Å². The Bertz CT molecular complexity index is 712. The highest BCUT2D eigenvalue weighted by Crippen LogP contribution is 2.29. The fraction of sp³-hybridized carbons (Fsp3) is 0.667. The lowest BCUT2D eigenvalue weighted by Gasteiger charge is -2.44. The quantitative estimate of drug-likeness (QED) is 0.774. The van der Waals surface area contributed by atoms with Crippen LogP contribution in [0.3, 0.4) is 0 Å². The zero-order chi connectivity index (χ0) is 20.2. The summed E-state index contributed by atoms with van der Waals surface area (Å²) in [5.41, 5.74) is 0.537. The highest BCUT2D eigenvalue weighted by atomic mass is 16.5. The van der Waals surface area contributed by atoms with Crippen molar-refractivity contribution < 1.29 is 24.2 Å². The number of amides is 2. The van der Waals surface area contributed by atoms with Gasteiger partial charge in [-0.15, -0.1) is 0 Å². The molecule has 3 fully saturated rings. The first-order valence-corrected chi connectivity index (χ1v) is 10.5. The van der Waals surface area contributed by atoms with E-state index in [1.165, 1.54) is 6.42 Å². The van der Waals surface area contributed by atoms with E-state index in [4.69, 9.17) is 9.47 Å². The molecule has 29 heavy (non-hydrogen) atoms. The van der Waals surface area contributed by atoms with Crippen molar-refractivity contribution in [1.82, 2.24) is 15.2 Å². The normalized spacial score (nSPS) is 30.4. The molecule has 4 rings (SSSR count).